The third-order valence-corrected chi connectivity index (χ3v) is 4.03. The first-order valence-corrected chi connectivity index (χ1v) is 7.77. The first-order valence-electron chi connectivity index (χ1n) is 7.77. The Bertz CT molecular complexity index is 698. The molecular formula is C18H18FN3O. The Balaban J connectivity index is 1.74. The van der Waals surface area contributed by atoms with E-state index in [-0.39, 0.29) is 17.6 Å². The van der Waals surface area contributed by atoms with Gasteiger partial charge in [0.05, 0.1) is 0 Å². The van der Waals surface area contributed by atoms with Gasteiger partial charge in [0, 0.05) is 29.1 Å². The maximum Gasteiger partial charge on any atom is 0.271 e. The SMILES string of the molecule is O=C(N/N=C1\CCCCC1c1ccccn1)c1ccc(F)cc1. The number of rotatable bonds is 3. The van der Waals surface area contributed by atoms with Crippen LogP contribution in [-0.2, 0) is 0 Å². The Labute approximate surface area is 134 Å². The van der Waals surface area contributed by atoms with Crippen molar-refractivity contribution in [2.24, 2.45) is 5.10 Å². The van der Waals surface area contributed by atoms with E-state index in [4.69, 9.17) is 0 Å². The highest BCUT2D eigenvalue weighted by Gasteiger charge is 2.23. The van der Waals surface area contributed by atoms with E-state index >= 15 is 0 Å². The minimum Gasteiger partial charge on any atom is -0.267 e. The number of hydrazone groups is 1. The molecule has 2 aromatic rings. The second-order valence-corrected chi connectivity index (χ2v) is 5.60. The highest BCUT2D eigenvalue weighted by atomic mass is 19.1. The number of benzene rings is 1. The van der Waals surface area contributed by atoms with Crippen LogP contribution in [0.1, 0.15) is 47.7 Å². The molecule has 1 heterocycles. The fourth-order valence-corrected chi connectivity index (χ4v) is 2.82. The number of nitrogens with one attached hydrogen (secondary N) is 1. The third-order valence-electron chi connectivity index (χ3n) is 4.03. The molecule has 4 nitrogen and oxygen atoms in total. The quantitative estimate of drug-likeness (QED) is 0.879. The highest BCUT2D eigenvalue weighted by molar-refractivity contribution is 5.96. The summed E-state index contributed by atoms with van der Waals surface area (Å²) in [6.45, 7) is 0. The topological polar surface area (TPSA) is 54.4 Å². The summed E-state index contributed by atoms with van der Waals surface area (Å²) >= 11 is 0. The van der Waals surface area contributed by atoms with Crippen LogP contribution < -0.4 is 5.43 Å². The van der Waals surface area contributed by atoms with E-state index < -0.39 is 0 Å². The van der Waals surface area contributed by atoms with Gasteiger partial charge in [0.25, 0.3) is 5.91 Å². The lowest BCUT2D eigenvalue weighted by Gasteiger charge is -2.23. The average molecular weight is 311 g/mol. The summed E-state index contributed by atoms with van der Waals surface area (Å²) in [5.74, 6) is -0.545. The van der Waals surface area contributed by atoms with Crippen LogP contribution in [0.4, 0.5) is 4.39 Å². The van der Waals surface area contributed by atoms with Crippen molar-refractivity contribution < 1.29 is 9.18 Å². The van der Waals surface area contributed by atoms with E-state index in [9.17, 15) is 9.18 Å². The third kappa shape index (κ3) is 3.80. The number of halogens is 1. The second-order valence-electron chi connectivity index (χ2n) is 5.60. The molecule has 23 heavy (non-hydrogen) atoms. The number of hydrogen-bond donors (Lipinski definition) is 1. The molecule has 1 aromatic carbocycles. The monoisotopic (exact) mass is 311 g/mol. The van der Waals surface area contributed by atoms with E-state index in [1.54, 1.807) is 6.20 Å². The van der Waals surface area contributed by atoms with Crippen LogP contribution in [0.5, 0.6) is 0 Å². The highest BCUT2D eigenvalue weighted by Crippen LogP contribution is 2.29. The predicted molar refractivity (Wildman–Crippen MR) is 86.7 cm³/mol. The minimum atomic E-state index is -0.365. The lowest BCUT2D eigenvalue weighted by molar-refractivity contribution is 0.0954. The van der Waals surface area contributed by atoms with Crippen molar-refractivity contribution in [3.8, 4) is 0 Å². The van der Waals surface area contributed by atoms with Crippen molar-refractivity contribution >= 4 is 11.6 Å². The van der Waals surface area contributed by atoms with Crippen molar-refractivity contribution in [2.75, 3.05) is 0 Å². The molecular weight excluding hydrogens is 293 g/mol. The molecule has 0 bridgehead atoms. The smallest absolute Gasteiger partial charge is 0.267 e. The molecule has 118 valence electrons. The Morgan fingerprint density at radius 3 is 2.74 bits per heavy atom. The molecule has 0 radical (unpaired) electrons. The molecule has 1 aliphatic rings. The van der Waals surface area contributed by atoms with Crippen molar-refractivity contribution in [1.29, 1.82) is 0 Å². The van der Waals surface area contributed by atoms with Gasteiger partial charge in [0.2, 0.25) is 0 Å². The zero-order chi connectivity index (χ0) is 16.1. The van der Waals surface area contributed by atoms with E-state index in [0.29, 0.717) is 5.56 Å². The largest absolute Gasteiger partial charge is 0.271 e. The molecule has 0 saturated heterocycles. The van der Waals surface area contributed by atoms with Gasteiger partial charge in [0.15, 0.2) is 0 Å². The van der Waals surface area contributed by atoms with Crippen molar-refractivity contribution in [3.63, 3.8) is 0 Å². The van der Waals surface area contributed by atoms with Crippen molar-refractivity contribution in [3.05, 3.63) is 65.7 Å². The normalized spacial score (nSPS) is 19.5. The standard InChI is InChI=1S/C18H18FN3O/c19-14-10-8-13(9-11-14)18(23)22-21-17-7-2-1-5-15(17)16-6-3-4-12-20-16/h3-4,6,8-12,15H,1-2,5,7H2,(H,22,23)/b21-17+. The van der Waals surface area contributed by atoms with Crippen molar-refractivity contribution in [1.82, 2.24) is 10.4 Å². The summed E-state index contributed by atoms with van der Waals surface area (Å²) in [6, 6.07) is 11.3. The maximum atomic E-state index is 12.9. The van der Waals surface area contributed by atoms with E-state index in [1.165, 1.54) is 24.3 Å². The van der Waals surface area contributed by atoms with Crippen LogP contribution >= 0.6 is 0 Å². The number of hydrogen-bond acceptors (Lipinski definition) is 3. The number of pyridine rings is 1. The van der Waals surface area contributed by atoms with Crippen LogP contribution in [0.25, 0.3) is 0 Å². The lowest BCUT2D eigenvalue weighted by Crippen LogP contribution is -2.25. The van der Waals surface area contributed by atoms with Crippen LogP contribution in [0.2, 0.25) is 0 Å². The summed E-state index contributed by atoms with van der Waals surface area (Å²) in [7, 11) is 0. The molecule has 0 aliphatic heterocycles. The zero-order valence-corrected chi connectivity index (χ0v) is 12.7. The molecule has 1 aliphatic carbocycles. The van der Waals surface area contributed by atoms with E-state index in [2.05, 4.69) is 15.5 Å². The van der Waals surface area contributed by atoms with Crippen LogP contribution in [0, 0.1) is 5.82 Å². The lowest BCUT2D eigenvalue weighted by atomic mass is 9.85. The number of carbonyl (C=O) groups is 1. The van der Waals surface area contributed by atoms with Crippen LogP contribution in [-0.4, -0.2) is 16.6 Å². The summed E-state index contributed by atoms with van der Waals surface area (Å²) < 4.78 is 12.9. The fraction of sp³-hybridized carbons (Fsp3) is 0.278. The number of nitrogens with zero attached hydrogens (tertiary/aromatic N) is 2. The van der Waals surface area contributed by atoms with E-state index in [1.807, 2.05) is 18.2 Å². The first kappa shape index (κ1) is 15.3. The van der Waals surface area contributed by atoms with Gasteiger partial charge < -0.3 is 0 Å². The Hall–Kier alpha value is -2.56. The van der Waals surface area contributed by atoms with Gasteiger partial charge in [0.1, 0.15) is 5.82 Å². The fourth-order valence-electron chi connectivity index (χ4n) is 2.82. The number of amides is 1. The minimum absolute atomic E-state index is 0.151. The summed E-state index contributed by atoms with van der Waals surface area (Å²) in [5, 5.41) is 4.32. The molecule has 1 unspecified atom stereocenters. The molecule has 1 atom stereocenters. The molecule has 1 fully saturated rings. The van der Waals surface area contributed by atoms with Crippen LogP contribution in [0.3, 0.4) is 0 Å². The summed E-state index contributed by atoms with van der Waals surface area (Å²) in [5.41, 5.74) is 4.91. The summed E-state index contributed by atoms with van der Waals surface area (Å²) in [6.07, 6.45) is 5.81. The average Bonchev–Trinajstić information content (AvgIpc) is 2.61. The van der Waals surface area contributed by atoms with Gasteiger partial charge in [-0.25, -0.2) is 9.82 Å². The van der Waals surface area contributed by atoms with Gasteiger partial charge in [-0.2, -0.15) is 5.10 Å². The molecule has 0 spiro atoms. The molecule has 1 aromatic heterocycles. The van der Waals surface area contributed by atoms with Gasteiger partial charge >= 0.3 is 0 Å². The zero-order valence-electron chi connectivity index (χ0n) is 12.7. The van der Waals surface area contributed by atoms with Gasteiger partial charge in [-0.1, -0.05) is 12.5 Å². The first-order chi connectivity index (χ1) is 11.2. The van der Waals surface area contributed by atoms with Crippen LogP contribution in [0.15, 0.2) is 53.8 Å². The molecule has 1 N–H and O–H groups in total. The van der Waals surface area contributed by atoms with Crippen molar-refractivity contribution in [2.45, 2.75) is 31.6 Å². The molecule has 5 heteroatoms. The predicted octanol–water partition coefficient (Wildman–Crippen LogP) is 3.66. The Morgan fingerprint density at radius 2 is 2.00 bits per heavy atom. The summed E-state index contributed by atoms with van der Waals surface area (Å²) in [4.78, 5) is 16.5. The number of aromatic nitrogens is 1. The molecule has 1 amide bonds. The maximum absolute atomic E-state index is 12.9. The molecule has 1 saturated carbocycles. The van der Waals surface area contributed by atoms with Gasteiger partial charge in [-0.3, -0.25) is 9.78 Å². The van der Waals surface area contributed by atoms with Gasteiger partial charge in [-0.15, -0.1) is 0 Å². The number of carbonyl (C=O) groups excluding carboxylic acids is 1. The van der Waals surface area contributed by atoms with Gasteiger partial charge in [-0.05, 0) is 55.7 Å². The Morgan fingerprint density at radius 1 is 1.17 bits per heavy atom. The molecule has 3 rings (SSSR count). The van der Waals surface area contributed by atoms with E-state index in [0.717, 1.165) is 37.1 Å². The Kier molecular flexibility index (Phi) is 4.76. The second kappa shape index (κ2) is 7.13.